The highest BCUT2D eigenvalue weighted by molar-refractivity contribution is 6.34. The molecule has 1 aromatic carbocycles. The van der Waals surface area contributed by atoms with Crippen LogP contribution in [0.15, 0.2) is 30.3 Å². The summed E-state index contributed by atoms with van der Waals surface area (Å²) < 4.78 is 0. The number of H-pyrrole nitrogens is 1. The normalized spacial score (nSPS) is 11.1. The highest BCUT2D eigenvalue weighted by Crippen LogP contribution is 2.19. The van der Waals surface area contributed by atoms with Crippen LogP contribution in [0.25, 0.3) is 11.2 Å². The predicted molar refractivity (Wildman–Crippen MR) is 95.6 cm³/mol. The van der Waals surface area contributed by atoms with Crippen LogP contribution in [0.5, 0.6) is 0 Å². The number of aromatic amines is 1. The van der Waals surface area contributed by atoms with Crippen LogP contribution in [0.4, 0.5) is 5.95 Å². The molecular weight excluding hydrogens is 357 g/mol. The van der Waals surface area contributed by atoms with Gasteiger partial charge in [-0.1, -0.05) is 34.8 Å². The summed E-state index contributed by atoms with van der Waals surface area (Å²) in [6, 6.07) is 9.04. The number of nitrogens with one attached hydrogen (secondary N) is 3. The third-order valence-electron chi connectivity index (χ3n) is 3.15. The van der Waals surface area contributed by atoms with E-state index in [1.54, 1.807) is 12.1 Å². The van der Waals surface area contributed by atoms with Crippen LogP contribution < -0.4 is 10.6 Å². The van der Waals surface area contributed by atoms with Crippen LogP contribution in [-0.2, 0) is 6.54 Å². The zero-order valence-electron chi connectivity index (χ0n) is 12.0. The minimum Gasteiger partial charge on any atom is -0.354 e. The zero-order chi connectivity index (χ0) is 16.2. The van der Waals surface area contributed by atoms with E-state index in [-0.39, 0.29) is 0 Å². The molecule has 8 heteroatoms. The van der Waals surface area contributed by atoms with Crippen LogP contribution in [-0.4, -0.2) is 28.0 Å². The molecule has 120 valence electrons. The van der Waals surface area contributed by atoms with Crippen LogP contribution in [0.1, 0.15) is 5.56 Å². The highest BCUT2D eigenvalue weighted by Gasteiger charge is 2.04. The van der Waals surface area contributed by atoms with E-state index in [9.17, 15) is 0 Å². The Morgan fingerprint density at radius 3 is 2.52 bits per heavy atom. The third-order valence-corrected chi connectivity index (χ3v) is 3.80. The molecule has 0 atom stereocenters. The van der Waals surface area contributed by atoms with Crippen molar-refractivity contribution in [1.29, 1.82) is 0 Å². The van der Waals surface area contributed by atoms with Crippen LogP contribution in [0.2, 0.25) is 15.2 Å². The molecule has 0 spiro atoms. The quantitative estimate of drug-likeness (QED) is 0.451. The fourth-order valence-corrected chi connectivity index (χ4v) is 2.89. The Morgan fingerprint density at radius 1 is 0.957 bits per heavy atom. The van der Waals surface area contributed by atoms with E-state index < -0.39 is 0 Å². The average molecular weight is 371 g/mol. The maximum Gasteiger partial charge on any atom is 0.202 e. The number of hydrogen-bond acceptors (Lipinski definition) is 4. The van der Waals surface area contributed by atoms with Gasteiger partial charge >= 0.3 is 0 Å². The zero-order valence-corrected chi connectivity index (χ0v) is 14.3. The molecule has 3 rings (SSSR count). The first-order valence-electron chi connectivity index (χ1n) is 7.02. The first-order chi connectivity index (χ1) is 11.1. The molecule has 0 aliphatic carbocycles. The molecule has 0 aliphatic heterocycles. The lowest BCUT2D eigenvalue weighted by atomic mass is 10.2. The third kappa shape index (κ3) is 4.48. The number of benzene rings is 1. The molecule has 0 radical (unpaired) electrons. The summed E-state index contributed by atoms with van der Waals surface area (Å²) in [5, 5.41) is 8.23. The Labute approximate surface area is 148 Å². The number of imidazole rings is 1. The second kappa shape index (κ2) is 7.36. The largest absolute Gasteiger partial charge is 0.354 e. The Hall–Kier alpha value is -1.53. The summed E-state index contributed by atoms with van der Waals surface area (Å²) in [6.45, 7) is 2.16. The summed E-state index contributed by atoms with van der Waals surface area (Å²) in [5.74, 6) is 0.669. The maximum atomic E-state index is 5.97. The number of fused-ring (bicyclic) bond motifs is 1. The Balaban J connectivity index is 1.47. The molecule has 0 bridgehead atoms. The molecule has 0 aliphatic rings. The van der Waals surface area contributed by atoms with Crippen LogP contribution in [0, 0.1) is 0 Å². The van der Waals surface area contributed by atoms with Gasteiger partial charge in [0.15, 0.2) is 5.65 Å². The fraction of sp³-hybridized carbons (Fsp3) is 0.200. The van der Waals surface area contributed by atoms with E-state index in [4.69, 9.17) is 34.8 Å². The highest BCUT2D eigenvalue weighted by atomic mass is 35.5. The van der Waals surface area contributed by atoms with Gasteiger partial charge in [-0.05, 0) is 35.9 Å². The van der Waals surface area contributed by atoms with Gasteiger partial charge in [-0.3, -0.25) is 0 Å². The van der Waals surface area contributed by atoms with Gasteiger partial charge in [0.25, 0.3) is 0 Å². The first kappa shape index (κ1) is 16.3. The number of hydrogen-bond donors (Lipinski definition) is 3. The molecule has 5 nitrogen and oxygen atoms in total. The standard InChI is InChI=1S/C15H14Cl3N5/c16-10-5-9(6-11(17)7-10)8-19-3-4-20-15-21-12-1-2-13(18)22-14(12)23-15/h1-2,5-7,19H,3-4,8H2,(H2,20,21,22,23). The van der Waals surface area contributed by atoms with Crippen LogP contribution >= 0.6 is 34.8 Å². The SMILES string of the molecule is Clc1cc(Cl)cc(CNCCNc2nc3ccc(Cl)nc3[nH]2)c1. The number of pyridine rings is 1. The molecule has 2 aromatic heterocycles. The van der Waals surface area contributed by atoms with Crippen LogP contribution in [0.3, 0.4) is 0 Å². The van der Waals surface area contributed by atoms with Crippen molar-refractivity contribution in [1.82, 2.24) is 20.3 Å². The second-order valence-corrected chi connectivity index (χ2v) is 6.23. The molecular formula is C15H14Cl3N5. The number of halogens is 3. The minimum atomic E-state index is 0.439. The Bertz CT molecular complexity index is 798. The lowest BCUT2D eigenvalue weighted by molar-refractivity contribution is 0.705. The summed E-state index contributed by atoms with van der Waals surface area (Å²) in [4.78, 5) is 11.6. The molecule has 3 aromatic rings. The smallest absolute Gasteiger partial charge is 0.202 e. The first-order valence-corrected chi connectivity index (χ1v) is 8.15. The summed E-state index contributed by atoms with van der Waals surface area (Å²) >= 11 is 17.8. The molecule has 3 N–H and O–H groups in total. The number of aromatic nitrogens is 3. The molecule has 0 saturated carbocycles. The molecule has 0 saturated heterocycles. The summed E-state index contributed by atoms with van der Waals surface area (Å²) in [6.07, 6.45) is 0. The van der Waals surface area contributed by atoms with Gasteiger partial charge in [-0.15, -0.1) is 0 Å². The van der Waals surface area contributed by atoms with Crippen molar-refractivity contribution in [3.05, 3.63) is 51.1 Å². The van der Waals surface area contributed by atoms with E-state index in [0.29, 0.717) is 39.9 Å². The number of anilines is 1. The van der Waals surface area contributed by atoms with Gasteiger partial charge in [-0.25, -0.2) is 9.97 Å². The monoisotopic (exact) mass is 369 g/mol. The molecule has 23 heavy (non-hydrogen) atoms. The van der Waals surface area contributed by atoms with E-state index in [1.165, 1.54) is 0 Å². The number of nitrogens with zero attached hydrogens (tertiary/aromatic N) is 2. The molecule has 0 fully saturated rings. The molecule has 0 unspecified atom stereocenters. The molecule has 2 heterocycles. The van der Waals surface area contributed by atoms with Crippen molar-refractivity contribution in [2.24, 2.45) is 0 Å². The van der Waals surface area contributed by atoms with Crippen molar-refractivity contribution in [3.8, 4) is 0 Å². The lowest BCUT2D eigenvalue weighted by Gasteiger charge is -2.06. The van der Waals surface area contributed by atoms with Gasteiger partial charge in [0, 0.05) is 29.7 Å². The topological polar surface area (TPSA) is 65.6 Å². The molecule has 0 amide bonds. The van der Waals surface area contributed by atoms with Gasteiger partial charge in [0.05, 0.1) is 0 Å². The van der Waals surface area contributed by atoms with Gasteiger partial charge in [0.1, 0.15) is 10.7 Å². The van der Waals surface area contributed by atoms with E-state index in [2.05, 4.69) is 25.6 Å². The van der Waals surface area contributed by atoms with Gasteiger partial charge < -0.3 is 15.6 Å². The van der Waals surface area contributed by atoms with Crippen molar-refractivity contribution < 1.29 is 0 Å². The predicted octanol–water partition coefficient (Wildman–Crippen LogP) is 4.12. The summed E-state index contributed by atoms with van der Waals surface area (Å²) in [5.41, 5.74) is 2.49. The van der Waals surface area contributed by atoms with Crippen molar-refractivity contribution in [2.45, 2.75) is 6.54 Å². The van der Waals surface area contributed by atoms with Gasteiger partial charge in [-0.2, -0.15) is 0 Å². The minimum absolute atomic E-state index is 0.439. The lowest BCUT2D eigenvalue weighted by Crippen LogP contribution is -2.22. The van der Waals surface area contributed by atoms with Crippen molar-refractivity contribution >= 4 is 51.9 Å². The summed E-state index contributed by atoms with van der Waals surface area (Å²) in [7, 11) is 0. The average Bonchev–Trinajstić information content (AvgIpc) is 2.87. The van der Waals surface area contributed by atoms with E-state index >= 15 is 0 Å². The number of rotatable bonds is 6. The van der Waals surface area contributed by atoms with Crippen molar-refractivity contribution in [2.75, 3.05) is 18.4 Å². The Kier molecular flexibility index (Phi) is 5.23. The fourth-order valence-electron chi connectivity index (χ4n) is 2.17. The maximum absolute atomic E-state index is 5.97. The van der Waals surface area contributed by atoms with Crippen molar-refractivity contribution in [3.63, 3.8) is 0 Å². The second-order valence-electron chi connectivity index (χ2n) is 4.97. The van der Waals surface area contributed by atoms with Gasteiger partial charge in [0.2, 0.25) is 5.95 Å². The van der Waals surface area contributed by atoms with E-state index in [1.807, 2.05) is 18.2 Å². The van der Waals surface area contributed by atoms with E-state index in [0.717, 1.165) is 17.6 Å². The Morgan fingerprint density at radius 2 is 1.74 bits per heavy atom.